The third kappa shape index (κ3) is 1.41. The van der Waals surface area contributed by atoms with Crippen molar-refractivity contribution in [2.24, 2.45) is 0 Å². The molecule has 2 aromatic rings. The quantitative estimate of drug-likeness (QED) is 0.766. The molecule has 1 aromatic carbocycles. The molecule has 1 aliphatic heterocycles. The number of benzene rings is 1. The molecule has 3 nitrogen and oxygen atoms in total. The molecule has 5 heteroatoms. The molecule has 0 atom stereocenters. The van der Waals surface area contributed by atoms with E-state index in [1.807, 2.05) is 12.1 Å². The average Bonchev–Trinajstić information content (AvgIpc) is 2.85. The van der Waals surface area contributed by atoms with Gasteiger partial charge < -0.3 is 4.74 Å². The Kier molecular flexibility index (Phi) is 2.11. The summed E-state index contributed by atoms with van der Waals surface area (Å²) in [6.45, 7) is 0.738. The van der Waals surface area contributed by atoms with Crippen molar-refractivity contribution in [3.05, 3.63) is 28.9 Å². The largest absolute Gasteiger partial charge is 0.492 e. The van der Waals surface area contributed by atoms with Crippen LogP contribution in [0.15, 0.2) is 18.2 Å². The fourth-order valence-corrected chi connectivity index (χ4v) is 2.49. The highest BCUT2D eigenvalue weighted by molar-refractivity contribution is 6.99. The summed E-state index contributed by atoms with van der Waals surface area (Å²) < 4.78 is 13.7. The number of hydrogen-bond acceptors (Lipinski definition) is 4. The number of nitrogens with zero attached hydrogens (tertiary/aromatic N) is 2. The van der Waals surface area contributed by atoms with Gasteiger partial charge in [0.05, 0.1) is 18.3 Å². The van der Waals surface area contributed by atoms with Gasteiger partial charge in [0.25, 0.3) is 0 Å². The van der Waals surface area contributed by atoms with Crippen LogP contribution in [0.2, 0.25) is 5.15 Å². The topological polar surface area (TPSA) is 35.0 Å². The first-order chi connectivity index (χ1) is 7.36. The molecule has 2 heterocycles. The number of fused-ring (bicyclic) bond motifs is 1. The maximum absolute atomic E-state index is 5.96. The minimum atomic E-state index is 0.448. The smallest absolute Gasteiger partial charge is 0.171 e. The highest BCUT2D eigenvalue weighted by atomic mass is 35.5. The highest BCUT2D eigenvalue weighted by Crippen LogP contribution is 2.38. The number of ether oxygens (including phenoxy) is 1. The maximum Gasteiger partial charge on any atom is 0.171 e. The second kappa shape index (κ2) is 3.47. The summed E-state index contributed by atoms with van der Waals surface area (Å²) in [6.07, 6.45) is 0.957. The van der Waals surface area contributed by atoms with E-state index >= 15 is 0 Å². The summed E-state index contributed by atoms with van der Waals surface area (Å²) in [4.78, 5) is 0. The summed E-state index contributed by atoms with van der Waals surface area (Å²) >= 11 is 7.08. The van der Waals surface area contributed by atoms with Crippen molar-refractivity contribution < 1.29 is 4.74 Å². The van der Waals surface area contributed by atoms with E-state index in [9.17, 15) is 0 Å². The molecule has 76 valence electrons. The van der Waals surface area contributed by atoms with E-state index in [0.717, 1.165) is 41.8 Å². The van der Waals surface area contributed by atoms with Crippen molar-refractivity contribution in [3.63, 3.8) is 0 Å². The molecule has 0 fully saturated rings. The van der Waals surface area contributed by atoms with Gasteiger partial charge in [0.15, 0.2) is 5.15 Å². The van der Waals surface area contributed by atoms with Crippen LogP contribution in [0.3, 0.4) is 0 Å². The first kappa shape index (κ1) is 9.12. The Hall–Kier alpha value is -1.13. The van der Waals surface area contributed by atoms with Gasteiger partial charge in [-0.1, -0.05) is 23.7 Å². The molecule has 0 unspecified atom stereocenters. The van der Waals surface area contributed by atoms with Gasteiger partial charge in [-0.05, 0) is 11.6 Å². The van der Waals surface area contributed by atoms with Gasteiger partial charge in [0.2, 0.25) is 0 Å². The van der Waals surface area contributed by atoms with Crippen molar-refractivity contribution in [1.82, 2.24) is 8.75 Å². The number of halogens is 1. The molecule has 0 bridgehead atoms. The van der Waals surface area contributed by atoms with E-state index in [-0.39, 0.29) is 0 Å². The third-order valence-electron chi connectivity index (χ3n) is 2.42. The lowest BCUT2D eigenvalue weighted by molar-refractivity contribution is 0.358. The lowest BCUT2D eigenvalue weighted by Crippen LogP contribution is -1.89. The van der Waals surface area contributed by atoms with E-state index in [0.29, 0.717) is 5.15 Å². The van der Waals surface area contributed by atoms with E-state index < -0.39 is 0 Å². The van der Waals surface area contributed by atoms with Crippen molar-refractivity contribution >= 4 is 23.3 Å². The molecular formula is C10H7ClN2OS. The van der Waals surface area contributed by atoms with Crippen LogP contribution >= 0.6 is 23.3 Å². The Bertz CT molecular complexity index is 512. The van der Waals surface area contributed by atoms with Crippen LogP contribution in [0.25, 0.3) is 11.3 Å². The monoisotopic (exact) mass is 238 g/mol. The van der Waals surface area contributed by atoms with Gasteiger partial charge in [-0.2, -0.15) is 8.75 Å². The highest BCUT2D eigenvalue weighted by Gasteiger charge is 2.20. The second-order valence-electron chi connectivity index (χ2n) is 3.30. The molecule has 1 aliphatic rings. The molecule has 0 saturated carbocycles. The van der Waals surface area contributed by atoms with Gasteiger partial charge in [-0.15, -0.1) is 0 Å². The van der Waals surface area contributed by atoms with E-state index in [1.165, 1.54) is 5.56 Å². The van der Waals surface area contributed by atoms with Crippen LogP contribution in [-0.2, 0) is 6.42 Å². The summed E-state index contributed by atoms with van der Waals surface area (Å²) in [5.41, 5.74) is 2.89. The van der Waals surface area contributed by atoms with E-state index in [2.05, 4.69) is 14.8 Å². The predicted molar refractivity (Wildman–Crippen MR) is 59.6 cm³/mol. The number of hydrogen-bond donors (Lipinski definition) is 0. The molecule has 15 heavy (non-hydrogen) atoms. The number of para-hydroxylation sites is 1. The molecule has 0 N–H and O–H groups in total. The van der Waals surface area contributed by atoms with Crippen LogP contribution in [0.5, 0.6) is 5.75 Å². The Balaban J connectivity index is 2.21. The first-order valence-corrected chi connectivity index (χ1v) is 5.70. The lowest BCUT2D eigenvalue weighted by Gasteiger charge is -2.04. The van der Waals surface area contributed by atoms with Gasteiger partial charge in [0, 0.05) is 12.0 Å². The van der Waals surface area contributed by atoms with Gasteiger partial charge in [-0.3, -0.25) is 0 Å². The molecular weight excluding hydrogens is 232 g/mol. The Morgan fingerprint density at radius 3 is 3.07 bits per heavy atom. The van der Waals surface area contributed by atoms with Crippen molar-refractivity contribution in [3.8, 4) is 17.0 Å². The fourth-order valence-electron chi connectivity index (χ4n) is 1.74. The van der Waals surface area contributed by atoms with Crippen LogP contribution < -0.4 is 4.74 Å². The minimum Gasteiger partial charge on any atom is -0.492 e. The van der Waals surface area contributed by atoms with Crippen molar-refractivity contribution in [2.45, 2.75) is 6.42 Å². The predicted octanol–water partition coefficient (Wildman–Crippen LogP) is 2.79. The van der Waals surface area contributed by atoms with Crippen LogP contribution in [0.1, 0.15) is 5.56 Å². The molecule has 0 aliphatic carbocycles. The summed E-state index contributed by atoms with van der Waals surface area (Å²) in [6, 6.07) is 6.03. The fraction of sp³-hybridized carbons (Fsp3) is 0.200. The molecule has 0 amide bonds. The zero-order valence-electron chi connectivity index (χ0n) is 7.74. The van der Waals surface area contributed by atoms with E-state index in [1.54, 1.807) is 0 Å². The third-order valence-corrected chi connectivity index (χ3v) is 3.31. The van der Waals surface area contributed by atoms with Crippen LogP contribution in [0, 0.1) is 0 Å². The Labute approximate surface area is 96.0 Å². The molecule has 0 radical (unpaired) electrons. The standard InChI is InChI=1S/C10H7ClN2OS/c11-10-8(12-15-13-10)7-3-1-2-6-4-5-14-9(6)7/h1-3H,4-5H2. The minimum absolute atomic E-state index is 0.448. The van der Waals surface area contributed by atoms with Crippen molar-refractivity contribution in [1.29, 1.82) is 0 Å². The van der Waals surface area contributed by atoms with Crippen LogP contribution in [-0.4, -0.2) is 15.4 Å². The molecule has 1 aromatic heterocycles. The molecule has 3 rings (SSSR count). The number of rotatable bonds is 1. The first-order valence-electron chi connectivity index (χ1n) is 4.59. The molecule has 0 saturated heterocycles. The van der Waals surface area contributed by atoms with Crippen LogP contribution in [0.4, 0.5) is 0 Å². The van der Waals surface area contributed by atoms with Gasteiger partial charge in [-0.25, -0.2) is 0 Å². The maximum atomic E-state index is 5.96. The Morgan fingerprint density at radius 2 is 2.27 bits per heavy atom. The van der Waals surface area contributed by atoms with Gasteiger partial charge >= 0.3 is 0 Å². The summed E-state index contributed by atoms with van der Waals surface area (Å²) in [5, 5.41) is 0.448. The zero-order valence-corrected chi connectivity index (χ0v) is 9.31. The zero-order chi connectivity index (χ0) is 10.3. The summed E-state index contributed by atoms with van der Waals surface area (Å²) in [7, 11) is 0. The normalized spacial score (nSPS) is 13.7. The SMILES string of the molecule is Clc1nsnc1-c1cccc2c1OCC2. The molecule has 0 spiro atoms. The Morgan fingerprint density at radius 1 is 1.33 bits per heavy atom. The number of aromatic nitrogens is 2. The van der Waals surface area contributed by atoms with E-state index in [4.69, 9.17) is 16.3 Å². The van der Waals surface area contributed by atoms with Crippen molar-refractivity contribution in [2.75, 3.05) is 6.61 Å². The summed E-state index contributed by atoms with van der Waals surface area (Å²) in [5.74, 6) is 0.909. The van der Waals surface area contributed by atoms with Gasteiger partial charge in [0.1, 0.15) is 11.4 Å². The lowest BCUT2D eigenvalue weighted by atomic mass is 10.1. The average molecular weight is 239 g/mol. The second-order valence-corrected chi connectivity index (χ2v) is 4.18.